The first-order valence-electron chi connectivity index (χ1n) is 12.6. The Kier molecular flexibility index (Phi) is 4.24. The summed E-state index contributed by atoms with van der Waals surface area (Å²) in [7, 11) is 0. The van der Waals surface area contributed by atoms with Crippen molar-refractivity contribution in [3.63, 3.8) is 0 Å². The smallest absolute Gasteiger partial charge is 0.197 e. The highest BCUT2D eigenvalue weighted by Crippen LogP contribution is 2.42. The predicted molar refractivity (Wildman–Crippen MR) is 154 cm³/mol. The van der Waals surface area contributed by atoms with Gasteiger partial charge in [-0.3, -0.25) is 4.79 Å². The molecule has 1 N–H and O–H groups in total. The number of hydrogen-bond acceptors (Lipinski definition) is 3. The van der Waals surface area contributed by atoms with E-state index in [1.165, 1.54) is 0 Å². The van der Waals surface area contributed by atoms with Gasteiger partial charge in [-0.1, -0.05) is 78.9 Å². The van der Waals surface area contributed by atoms with Crippen LogP contribution < -0.4 is 0 Å². The van der Waals surface area contributed by atoms with Gasteiger partial charge in [0.05, 0.1) is 5.56 Å². The van der Waals surface area contributed by atoms with Crippen LogP contribution in [0.5, 0.6) is 5.75 Å². The molecule has 0 unspecified atom stereocenters. The molecule has 38 heavy (non-hydrogen) atoms. The number of aromatic hydroxyl groups is 1. The van der Waals surface area contributed by atoms with Crippen molar-refractivity contribution in [3.8, 4) is 16.9 Å². The molecule has 0 atom stereocenters. The minimum absolute atomic E-state index is 0.00791. The van der Waals surface area contributed by atoms with Crippen LogP contribution in [-0.4, -0.2) is 10.9 Å². The lowest BCUT2D eigenvalue weighted by Crippen LogP contribution is -2.03. The number of phenols is 1. The standard InChI is InChI=1S/C35H20O3/c36-30-7-3-1-6-29(30)35(37)28-18-12-21-10-16-26-23(14-9-20-11-17-27(28)34(21)33(20)26)22-13-15-25-24-5-2-4-8-31(24)38-32(25)19-22/h1-19,36H. The van der Waals surface area contributed by atoms with E-state index < -0.39 is 0 Å². The highest BCUT2D eigenvalue weighted by molar-refractivity contribution is 6.30. The number of rotatable bonds is 3. The number of carbonyl (C=O) groups excluding carboxylic acids is 1. The van der Waals surface area contributed by atoms with Gasteiger partial charge >= 0.3 is 0 Å². The average molecular weight is 489 g/mol. The number of furan rings is 1. The maximum Gasteiger partial charge on any atom is 0.197 e. The summed E-state index contributed by atoms with van der Waals surface area (Å²) in [4.78, 5) is 13.5. The van der Waals surface area contributed by atoms with Gasteiger partial charge in [0.15, 0.2) is 5.78 Å². The van der Waals surface area contributed by atoms with E-state index >= 15 is 0 Å². The van der Waals surface area contributed by atoms with E-state index in [2.05, 4.69) is 54.6 Å². The van der Waals surface area contributed by atoms with E-state index in [1.54, 1.807) is 24.3 Å². The third-order valence-electron chi connectivity index (χ3n) is 7.75. The topological polar surface area (TPSA) is 50.4 Å². The van der Waals surface area contributed by atoms with Gasteiger partial charge in [0.1, 0.15) is 16.9 Å². The third kappa shape index (κ3) is 2.87. The van der Waals surface area contributed by atoms with Gasteiger partial charge in [0.2, 0.25) is 0 Å². The van der Waals surface area contributed by atoms with Crippen molar-refractivity contribution in [1.82, 2.24) is 0 Å². The van der Waals surface area contributed by atoms with E-state index in [1.807, 2.05) is 36.4 Å². The Morgan fingerprint density at radius 1 is 0.553 bits per heavy atom. The summed E-state index contributed by atoms with van der Waals surface area (Å²) in [5.74, 6) is -0.192. The van der Waals surface area contributed by atoms with Gasteiger partial charge in [-0.05, 0) is 79.8 Å². The number of hydrogen-bond donors (Lipinski definition) is 1. The summed E-state index contributed by atoms with van der Waals surface area (Å²) in [6, 6.07) is 37.8. The number of phenolic OH excluding ortho intramolecular Hbond substituents is 1. The van der Waals surface area contributed by atoms with Crippen LogP contribution in [0.2, 0.25) is 0 Å². The summed E-state index contributed by atoms with van der Waals surface area (Å²) in [5, 5.41) is 19.0. The molecule has 0 bridgehead atoms. The molecular weight excluding hydrogens is 468 g/mol. The van der Waals surface area contributed by atoms with Crippen LogP contribution in [-0.2, 0) is 0 Å². The Labute approximate surface area is 217 Å². The van der Waals surface area contributed by atoms with Crippen LogP contribution in [0.3, 0.4) is 0 Å². The predicted octanol–water partition coefficient (Wildman–Crippen LogP) is 9.09. The van der Waals surface area contributed by atoms with Crippen LogP contribution in [0.4, 0.5) is 0 Å². The van der Waals surface area contributed by atoms with Gasteiger partial charge in [-0.2, -0.15) is 0 Å². The molecule has 0 aliphatic rings. The lowest BCUT2D eigenvalue weighted by molar-refractivity contribution is 0.103. The molecule has 0 radical (unpaired) electrons. The molecule has 3 nitrogen and oxygen atoms in total. The summed E-state index contributed by atoms with van der Waals surface area (Å²) in [6.07, 6.45) is 0. The fourth-order valence-electron chi connectivity index (χ4n) is 5.95. The molecule has 0 aliphatic heterocycles. The fourth-order valence-corrected chi connectivity index (χ4v) is 5.95. The van der Waals surface area contributed by atoms with Gasteiger partial charge in [-0.25, -0.2) is 0 Å². The molecule has 7 aromatic carbocycles. The molecule has 0 spiro atoms. The Balaban J connectivity index is 1.38. The van der Waals surface area contributed by atoms with Crippen molar-refractivity contribution in [1.29, 1.82) is 0 Å². The van der Waals surface area contributed by atoms with Crippen LogP contribution in [0, 0.1) is 0 Å². The normalized spacial score (nSPS) is 11.9. The first kappa shape index (κ1) is 21.0. The zero-order chi connectivity index (χ0) is 25.4. The molecule has 8 rings (SSSR count). The first-order chi connectivity index (χ1) is 18.7. The zero-order valence-corrected chi connectivity index (χ0v) is 20.2. The number of para-hydroxylation sites is 2. The summed E-state index contributed by atoms with van der Waals surface area (Å²) in [5.41, 5.74) is 4.85. The van der Waals surface area contributed by atoms with Crippen molar-refractivity contribution >= 4 is 60.0 Å². The SMILES string of the molecule is O=C(c1ccccc1O)c1ccc2ccc3c(-c4ccc5c(c4)oc4ccccc45)ccc4ccc1c2c43. The maximum absolute atomic E-state index is 13.5. The number of ketones is 1. The van der Waals surface area contributed by atoms with E-state index in [-0.39, 0.29) is 11.5 Å². The minimum atomic E-state index is -0.184. The minimum Gasteiger partial charge on any atom is -0.507 e. The van der Waals surface area contributed by atoms with Crippen LogP contribution in [0.15, 0.2) is 120 Å². The Morgan fingerprint density at radius 2 is 1.21 bits per heavy atom. The Bertz CT molecular complexity index is 2220. The van der Waals surface area contributed by atoms with Crippen molar-refractivity contribution < 1.29 is 14.3 Å². The molecule has 8 aromatic rings. The van der Waals surface area contributed by atoms with E-state index in [9.17, 15) is 9.90 Å². The van der Waals surface area contributed by atoms with Crippen LogP contribution >= 0.6 is 0 Å². The fraction of sp³-hybridized carbons (Fsp3) is 0. The van der Waals surface area contributed by atoms with Gasteiger partial charge in [0, 0.05) is 16.3 Å². The highest BCUT2D eigenvalue weighted by atomic mass is 16.3. The molecular formula is C35H20O3. The molecule has 0 saturated heterocycles. The van der Waals surface area contributed by atoms with E-state index in [0.717, 1.165) is 65.4 Å². The van der Waals surface area contributed by atoms with Crippen molar-refractivity contribution in [2.45, 2.75) is 0 Å². The van der Waals surface area contributed by atoms with Crippen molar-refractivity contribution in [2.75, 3.05) is 0 Å². The molecule has 1 aromatic heterocycles. The molecule has 0 amide bonds. The molecule has 1 heterocycles. The van der Waals surface area contributed by atoms with Gasteiger partial charge in [-0.15, -0.1) is 0 Å². The van der Waals surface area contributed by atoms with E-state index in [0.29, 0.717) is 11.1 Å². The van der Waals surface area contributed by atoms with Crippen molar-refractivity contribution in [2.24, 2.45) is 0 Å². The lowest BCUT2D eigenvalue weighted by atomic mass is 9.87. The zero-order valence-electron chi connectivity index (χ0n) is 20.2. The first-order valence-corrected chi connectivity index (χ1v) is 12.6. The number of fused-ring (bicyclic) bond motifs is 3. The second-order valence-corrected chi connectivity index (χ2v) is 9.80. The van der Waals surface area contributed by atoms with E-state index in [4.69, 9.17) is 4.42 Å². The van der Waals surface area contributed by atoms with Gasteiger partial charge in [0.25, 0.3) is 0 Å². The quantitative estimate of drug-likeness (QED) is 0.199. The largest absolute Gasteiger partial charge is 0.507 e. The number of benzene rings is 7. The molecule has 0 fully saturated rings. The molecule has 0 aliphatic carbocycles. The number of carbonyl (C=O) groups is 1. The third-order valence-corrected chi connectivity index (χ3v) is 7.75. The summed E-state index contributed by atoms with van der Waals surface area (Å²) in [6.45, 7) is 0. The van der Waals surface area contributed by atoms with Crippen LogP contribution in [0.1, 0.15) is 15.9 Å². The second-order valence-electron chi connectivity index (χ2n) is 9.80. The highest BCUT2D eigenvalue weighted by Gasteiger charge is 2.20. The Morgan fingerprint density at radius 3 is 2.08 bits per heavy atom. The Hall–Kier alpha value is -5.15. The van der Waals surface area contributed by atoms with Crippen LogP contribution in [0.25, 0.3) is 65.4 Å². The molecule has 178 valence electrons. The second kappa shape index (κ2) is 7.67. The monoisotopic (exact) mass is 488 g/mol. The average Bonchev–Trinajstić information content (AvgIpc) is 3.33. The summed E-state index contributed by atoms with van der Waals surface area (Å²) < 4.78 is 6.18. The lowest BCUT2D eigenvalue weighted by Gasteiger charge is -2.16. The summed E-state index contributed by atoms with van der Waals surface area (Å²) >= 11 is 0. The molecule has 3 heteroatoms. The maximum atomic E-state index is 13.5. The molecule has 0 saturated carbocycles. The van der Waals surface area contributed by atoms with Gasteiger partial charge < -0.3 is 9.52 Å². The van der Waals surface area contributed by atoms with Crippen molar-refractivity contribution in [3.05, 3.63) is 126 Å².